The average molecular weight is 210 g/mol. The molecule has 0 bridgehead atoms. The molecule has 0 saturated carbocycles. The fraction of sp³-hybridized carbons (Fsp3) is 0.111. The van der Waals surface area contributed by atoms with Crippen molar-refractivity contribution in [1.82, 2.24) is 10.7 Å². The minimum absolute atomic E-state index is 0.282. The molecule has 0 fully saturated rings. The van der Waals surface area contributed by atoms with E-state index in [0.717, 1.165) is 11.3 Å². The maximum atomic E-state index is 10.8. The van der Waals surface area contributed by atoms with Crippen LogP contribution in [0.25, 0.3) is 0 Å². The van der Waals surface area contributed by atoms with Crippen LogP contribution in [0, 0.1) is 0 Å². The Balaban J connectivity index is 2.27. The van der Waals surface area contributed by atoms with Crippen molar-refractivity contribution >= 4 is 23.3 Å². The molecule has 5 heteroatoms. The molecule has 14 heavy (non-hydrogen) atoms. The standard InChI is InChI=1S/C9H8ClN3O/c10-7-3-1-2-6(4-7)8-5-11-9(14)13-12-8/h1-4H,5H2,(H2,11,13,14). The Morgan fingerprint density at radius 2 is 2.29 bits per heavy atom. The van der Waals surface area contributed by atoms with Crippen molar-refractivity contribution in [3.05, 3.63) is 34.9 Å². The van der Waals surface area contributed by atoms with Gasteiger partial charge in [-0.25, -0.2) is 10.2 Å². The third-order valence-electron chi connectivity index (χ3n) is 1.87. The van der Waals surface area contributed by atoms with Crippen molar-refractivity contribution in [2.24, 2.45) is 5.10 Å². The Morgan fingerprint density at radius 1 is 1.43 bits per heavy atom. The fourth-order valence-corrected chi connectivity index (χ4v) is 1.39. The predicted octanol–water partition coefficient (Wildman–Crippen LogP) is 1.36. The van der Waals surface area contributed by atoms with Gasteiger partial charge in [-0.05, 0) is 12.1 Å². The predicted molar refractivity (Wildman–Crippen MR) is 54.5 cm³/mol. The summed E-state index contributed by atoms with van der Waals surface area (Å²) in [6.07, 6.45) is 0. The molecular weight excluding hydrogens is 202 g/mol. The molecule has 1 heterocycles. The second-order valence-corrected chi connectivity index (χ2v) is 3.30. The highest BCUT2D eigenvalue weighted by molar-refractivity contribution is 6.31. The van der Waals surface area contributed by atoms with Gasteiger partial charge >= 0.3 is 6.03 Å². The van der Waals surface area contributed by atoms with Crippen LogP contribution < -0.4 is 10.7 Å². The van der Waals surface area contributed by atoms with Crippen molar-refractivity contribution < 1.29 is 4.79 Å². The van der Waals surface area contributed by atoms with E-state index in [1.54, 1.807) is 12.1 Å². The number of halogens is 1. The molecular formula is C9H8ClN3O. The number of hydrogen-bond donors (Lipinski definition) is 2. The lowest BCUT2D eigenvalue weighted by molar-refractivity contribution is 0.241. The number of amides is 2. The van der Waals surface area contributed by atoms with E-state index in [4.69, 9.17) is 11.6 Å². The monoisotopic (exact) mass is 209 g/mol. The number of nitrogens with one attached hydrogen (secondary N) is 2. The van der Waals surface area contributed by atoms with Gasteiger partial charge in [-0.15, -0.1) is 0 Å². The largest absolute Gasteiger partial charge is 0.335 e. The Bertz CT molecular complexity index is 403. The third-order valence-corrected chi connectivity index (χ3v) is 2.10. The summed E-state index contributed by atoms with van der Waals surface area (Å²) in [5.41, 5.74) is 4.02. The smallest absolute Gasteiger partial charge is 0.331 e. The minimum atomic E-state index is -0.282. The summed E-state index contributed by atoms with van der Waals surface area (Å²) in [5, 5.41) is 7.20. The van der Waals surface area contributed by atoms with E-state index in [0.29, 0.717) is 11.6 Å². The first kappa shape index (κ1) is 9.02. The first-order valence-electron chi connectivity index (χ1n) is 4.12. The van der Waals surface area contributed by atoms with Crippen molar-refractivity contribution in [2.75, 3.05) is 6.54 Å². The van der Waals surface area contributed by atoms with Crippen molar-refractivity contribution in [3.8, 4) is 0 Å². The summed E-state index contributed by atoms with van der Waals surface area (Å²) in [5.74, 6) is 0. The van der Waals surface area contributed by atoms with Crippen LogP contribution in [-0.2, 0) is 0 Å². The summed E-state index contributed by atoms with van der Waals surface area (Å²) in [6, 6.07) is 7.05. The summed E-state index contributed by atoms with van der Waals surface area (Å²) < 4.78 is 0. The van der Waals surface area contributed by atoms with Crippen LogP contribution in [-0.4, -0.2) is 18.3 Å². The normalized spacial score (nSPS) is 15.5. The van der Waals surface area contributed by atoms with E-state index < -0.39 is 0 Å². The summed E-state index contributed by atoms with van der Waals surface area (Å²) >= 11 is 5.83. The van der Waals surface area contributed by atoms with Crippen LogP contribution in [0.4, 0.5) is 4.79 Å². The molecule has 2 N–H and O–H groups in total. The van der Waals surface area contributed by atoms with Gasteiger partial charge in [0.15, 0.2) is 0 Å². The van der Waals surface area contributed by atoms with Gasteiger partial charge in [-0.2, -0.15) is 5.10 Å². The number of hydrazone groups is 1. The van der Waals surface area contributed by atoms with Gasteiger partial charge in [0.25, 0.3) is 0 Å². The van der Waals surface area contributed by atoms with Crippen molar-refractivity contribution in [1.29, 1.82) is 0 Å². The molecule has 0 atom stereocenters. The summed E-state index contributed by atoms with van der Waals surface area (Å²) in [6.45, 7) is 0.423. The van der Waals surface area contributed by atoms with Crippen LogP contribution in [0.15, 0.2) is 29.4 Å². The van der Waals surface area contributed by atoms with Crippen LogP contribution in [0.1, 0.15) is 5.56 Å². The maximum absolute atomic E-state index is 10.8. The molecule has 72 valence electrons. The second kappa shape index (κ2) is 3.67. The highest BCUT2D eigenvalue weighted by Crippen LogP contribution is 2.11. The van der Waals surface area contributed by atoms with Gasteiger partial charge in [0, 0.05) is 10.6 Å². The zero-order valence-corrected chi connectivity index (χ0v) is 8.01. The Labute approximate surface area is 86.0 Å². The molecule has 4 nitrogen and oxygen atoms in total. The van der Waals surface area contributed by atoms with E-state index in [9.17, 15) is 4.79 Å². The van der Waals surface area contributed by atoms with E-state index in [2.05, 4.69) is 15.8 Å². The van der Waals surface area contributed by atoms with E-state index in [1.807, 2.05) is 12.1 Å². The molecule has 0 spiro atoms. The number of nitrogens with zero attached hydrogens (tertiary/aromatic N) is 1. The average Bonchev–Trinajstić information content (AvgIpc) is 2.19. The topological polar surface area (TPSA) is 53.5 Å². The molecule has 2 rings (SSSR count). The second-order valence-electron chi connectivity index (χ2n) is 2.86. The zero-order valence-electron chi connectivity index (χ0n) is 7.25. The zero-order chi connectivity index (χ0) is 9.97. The summed E-state index contributed by atoms with van der Waals surface area (Å²) in [7, 11) is 0. The van der Waals surface area contributed by atoms with Crippen molar-refractivity contribution in [3.63, 3.8) is 0 Å². The lowest BCUT2D eigenvalue weighted by Crippen LogP contribution is -2.42. The van der Waals surface area contributed by atoms with Gasteiger partial charge < -0.3 is 5.32 Å². The van der Waals surface area contributed by atoms with E-state index in [1.165, 1.54) is 0 Å². The first-order chi connectivity index (χ1) is 6.75. The molecule has 1 aliphatic rings. The number of urea groups is 1. The lowest BCUT2D eigenvalue weighted by atomic mass is 10.1. The number of benzene rings is 1. The number of hydrogen-bond acceptors (Lipinski definition) is 2. The van der Waals surface area contributed by atoms with Gasteiger partial charge in [-0.1, -0.05) is 23.7 Å². The van der Waals surface area contributed by atoms with E-state index in [-0.39, 0.29) is 6.03 Å². The molecule has 1 aliphatic heterocycles. The van der Waals surface area contributed by atoms with Gasteiger partial charge in [-0.3, -0.25) is 0 Å². The van der Waals surface area contributed by atoms with Crippen LogP contribution in [0.2, 0.25) is 5.02 Å². The van der Waals surface area contributed by atoms with Crippen LogP contribution >= 0.6 is 11.6 Å². The first-order valence-corrected chi connectivity index (χ1v) is 4.50. The molecule has 2 amide bonds. The van der Waals surface area contributed by atoms with Gasteiger partial charge in [0.05, 0.1) is 12.3 Å². The van der Waals surface area contributed by atoms with Gasteiger partial charge in [0.1, 0.15) is 0 Å². The quantitative estimate of drug-likeness (QED) is 0.721. The molecule has 0 unspecified atom stereocenters. The van der Waals surface area contributed by atoms with Gasteiger partial charge in [0.2, 0.25) is 0 Å². The highest BCUT2D eigenvalue weighted by atomic mass is 35.5. The van der Waals surface area contributed by atoms with Crippen LogP contribution in [0.5, 0.6) is 0 Å². The molecule has 1 aromatic carbocycles. The molecule has 0 saturated heterocycles. The summed E-state index contributed by atoms with van der Waals surface area (Å²) in [4.78, 5) is 10.8. The lowest BCUT2D eigenvalue weighted by Gasteiger charge is -2.13. The Hall–Kier alpha value is -1.55. The minimum Gasteiger partial charge on any atom is -0.331 e. The SMILES string of the molecule is O=C1NCC(c2cccc(Cl)c2)=NN1. The third kappa shape index (κ3) is 1.85. The number of rotatable bonds is 1. The molecule has 0 aliphatic carbocycles. The fourth-order valence-electron chi connectivity index (χ4n) is 1.20. The molecule has 0 aromatic heterocycles. The molecule has 1 aromatic rings. The van der Waals surface area contributed by atoms with Crippen molar-refractivity contribution in [2.45, 2.75) is 0 Å². The Kier molecular flexibility index (Phi) is 2.37. The molecule has 0 radical (unpaired) electrons. The Morgan fingerprint density at radius 3 is 2.93 bits per heavy atom. The number of carbonyl (C=O) groups is 1. The van der Waals surface area contributed by atoms with Crippen LogP contribution in [0.3, 0.4) is 0 Å². The van der Waals surface area contributed by atoms with E-state index >= 15 is 0 Å². The maximum Gasteiger partial charge on any atom is 0.335 e. The highest BCUT2D eigenvalue weighted by Gasteiger charge is 2.11. The number of carbonyl (C=O) groups excluding carboxylic acids is 1.